The summed E-state index contributed by atoms with van der Waals surface area (Å²) in [5, 5.41) is 3.74. The Balaban J connectivity index is 1.69. The summed E-state index contributed by atoms with van der Waals surface area (Å²) in [5.74, 6) is 1.26. The highest BCUT2D eigenvalue weighted by molar-refractivity contribution is 7.18. The molecular weight excluding hydrogens is 352 g/mol. The fourth-order valence-electron chi connectivity index (χ4n) is 2.78. The molecule has 138 valence electrons. The number of hydrogen-bond donors (Lipinski definition) is 1. The lowest BCUT2D eigenvalue weighted by atomic mass is 10.2. The van der Waals surface area contributed by atoms with Crippen molar-refractivity contribution >= 4 is 28.2 Å². The van der Waals surface area contributed by atoms with Gasteiger partial charge in [-0.05, 0) is 42.7 Å². The van der Waals surface area contributed by atoms with Gasteiger partial charge in [0.2, 0.25) is 12.7 Å². The van der Waals surface area contributed by atoms with Gasteiger partial charge >= 0.3 is 0 Å². The molecule has 2 aromatic rings. The van der Waals surface area contributed by atoms with E-state index < -0.39 is 0 Å². The van der Waals surface area contributed by atoms with E-state index in [0.29, 0.717) is 23.7 Å². The maximum absolute atomic E-state index is 12.6. The molecule has 1 aromatic carbocycles. The highest BCUT2D eigenvalue weighted by Crippen LogP contribution is 2.33. The van der Waals surface area contributed by atoms with Crippen molar-refractivity contribution in [1.29, 1.82) is 0 Å². The Morgan fingerprint density at radius 2 is 2.00 bits per heavy atom. The molecule has 0 radical (unpaired) electrons. The Kier molecular flexibility index (Phi) is 5.46. The van der Waals surface area contributed by atoms with Gasteiger partial charge in [-0.25, -0.2) is 0 Å². The van der Waals surface area contributed by atoms with E-state index in [-0.39, 0.29) is 18.6 Å². The first-order chi connectivity index (χ1) is 12.5. The van der Waals surface area contributed by atoms with Gasteiger partial charge in [0.25, 0.3) is 5.91 Å². The number of ether oxygens (including phenoxy) is 2. The van der Waals surface area contributed by atoms with Crippen LogP contribution in [0.3, 0.4) is 0 Å². The van der Waals surface area contributed by atoms with Gasteiger partial charge in [0.1, 0.15) is 0 Å². The summed E-state index contributed by atoms with van der Waals surface area (Å²) in [7, 11) is 0. The molecule has 2 heterocycles. The average molecular weight is 374 g/mol. The molecule has 1 aliphatic heterocycles. The van der Waals surface area contributed by atoms with Crippen molar-refractivity contribution in [2.75, 3.05) is 18.2 Å². The van der Waals surface area contributed by atoms with Gasteiger partial charge in [0.05, 0.1) is 9.88 Å². The van der Waals surface area contributed by atoms with Crippen LogP contribution in [0.1, 0.15) is 41.1 Å². The first kappa shape index (κ1) is 18.3. The molecule has 0 saturated heterocycles. The zero-order valence-electron chi connectivity index (χ0n) is 15.1. The molecular formula is C19H22N2O4S. The number of anilines is 1. The summed E-state index contributed by atoms with van der Waals surface area (Å²) in [6, 6.07) is 7.51. The van der Waals surface area contributed by atoms with Crippen LogP contribution in [0.2, 0.25) is 0 Å². The van der Waals surface area contributed by atoms with Gasteiger partial charge in [-0.1, -0.05) is 13.0 Å². The number of rotatable bonds is 6. The van der Waals surface area contributed by atoms with Crippen LogP contribution in [0.15, 0.2) is 24.3 Å². The number of nitrogens with zero attached hydrogens (tertiary/aromatic N) is 1. The summed E-state index contributed by atoms with van der Waals surface area (Å²) in [4.78, 5) is 26.8. The number of aryl methyl sites for hydroxylation is 1. The van der Waals surface area contributed by atoms with Crippen LogP contribution in [0, 0.1) is 6.92 Å². The van der Waals surface area contributed by atoms with Gasteiger partial charge in [-0.15, -0.1) is 11.3 Å². The van der Waals surface area contributed by atoms with Gasteiger partial charge in [0.15, 0.2) is 11.5 Å². The Morgan fingerprint density at radius 1 is 1.23 bits per heavy atom. The van der Waals surface area contributed by atoms with Gasteiger partial charge in [-0.3, -0.25) is 9.59 Å². The number of fused-ring (bicyclic) bond motifs is 1. The first-order valence-electron chi connectivity index (χ1n) is 8.55. The molecule has 0 saturated carbocycles. The van der Waals surface area contributed by atoms with Crippen molar-refractivity contribution in [3.63, 3.8) is 0 Å². The van der Waals surface area contributed by atoms with E-state index in [4.69, 9.17) is 9.47 Å². The van der Waals surface area contributed by atoms with Crippen molar-refractivity contribution in [1.82, 2.24) is 5.32 Å². The maximum Gasteiger partial charge on any atom is 0.261 e. The van der Waals surface area contributed by atoms with Crippen molar-refractivity contribution in [2.45, 2.75) is 33.7 Å². The Morgan fingerprint density at radius 3 is 2.73 bits per heavy atom. The number of nitrogens with one attached hydrogen (secondary N) is 1. The van der Waals surface area contributed by atoms with Crippen LogP contribution in [0.5, 0.6) is 11.5 Å². The molecule has 0 bridgehead atoms. The minimum Gasteiger partial charge on any atom is -0.454 e. The minimum absolute atomic E-state index is 0.0135. The number of hydrogen-bond acceptors (Lipinski definition) is 5. The Bertz CT molecular complexity index is 831. The monoisotopic (exact) mass is 374 g/mol. The van der Waals surface area contributed by atoms with Crippen LogP contribution in [0.4, 0.5) is 5.00 Å². The molecule has 3 rings (SSSR count). The topological polar surface area (TPSA) is 67.9 Å². The van der Waals surface area contributed by atoms with E-state index >= 15 is 0 Å². The molecule has 7 heteroatoms. The molecule has 0 spiro atoms. The molecule has 2 amide bonds. The SMILES string of the molecule is CCCN(C(C)=O)c1cc(C)c(C(=O)NCc2ccc3c(c2)OCO3)s1. The molecule has 6 nitrogen and oxygen atoms in total. The van der Waals surface area contributed by atoms with Crippen LogP contribution in [-0.4, -0.2) is 25.2 Å². The van der Waals surface area contributed by atoms with Crippen LogP contribution in [0.25, 0.3) is 0 Å². The summed E-state index contributed by atoms with van der Waals surface area (Å²) in [5.41, 5.74) is 1.81. The highest BCUT2D eigenvalue weighted by Gasteiger charge is 2.19. The standard InChI is InChI=1S/C19H22N2O4S/c1-4-7-21(13(3)22)17-8-12(2)18(26-17)19(23)20-10-14-5-6-15-16(9-14)25-11-24-15/h5-6,8-9H,4,7,10-11H2,1-3H3,(H,20,23). The van der Waals surface area contributed by atoms with E-state index in [1.54, 1.807) is 11.8 Å². The lowest BCUT2D eigenvalue weighted by Crippen LogP contribution is -2.28. The van der Waals surface area contributed by atoms with E-state index in [0.717, 1.165) is 28.3 Å². The second kappa shape index (κ2) is 7.78. The third-order valence-electron chi connectivity index (χ3n) is 4.09. The van der Waals surface area contributed by atoms with Crippen molar-refractivity contribution < 1.29 is 19.1 Å². The Hall–Kier alpha value is -2.54. The second-order valence-electron chi connectivity index (χ2n) is 6.14. The maximum atomic E-state index is 12.6. The molecule has 1 aliphatic rings. The molecule has 1 N–H and O–H groups in total. The quantitative estimate of drug-likeness (QED) is 0.841. The van der Waals surface area contributed by atoms with E-state index in [9.17, 15) is 9.59 Å². The fraction of sp³-hybridized carbons (Fsp3) is 0.368. The average Bonchev–Trinajstić information content (AvgIpc) is 3.23. The minimum atomic E-state index is -0.142. The molecule has 1 aromatic heterocycles. The van der Waals surface area contributed by atoms with Crippen molar-refractivity contribution in [2.24, 2.45) is 0 Å². The number of carbonyl (C=O) groups is 2. The summed E-state index contributed by atoms with van der Waals surface area (Å²) in [6.45, 7) is 6.73. The van der Waals surface area contributed by atoms with Crippen LogP contribution >= 0.6 is 11.3 Å². The fourth-order valence-corrected chi connectivity index (χ4v) is 3.94. The molecule has 0 aliphatic carbocycles. The summed E-state index contributed by atoms with van der Waals surface area (Å²) in [6.07, 6.45) is 0.863. The summed E-state index contributed by atoms with van der Waals surface area (Å²) < 4.78 is 10.6. The van der Waals surface area contributed by atoms with Crippen molar-refractivity contribution in [3.8, 4) is 11.5 Å². The lowest BCUT2D eigenvalue weighted by molar-refractivity contribution is -0.116. The van der Waals surface area contributed by atoms with E-state index in [1.165, 1.54) is 11.3 Å². The van der Waals surface area contributed by atoms with Gasteiger partial charge in [-0.2, -0.15) is 0 Å². The zero-order chi connectivity index (χ0) is 18.7. The summed E-state index contributed by atoms with van der Waals surface area (Å²) >= 11 is 1.35. The third-order valence-corrected chi connectivity index (χ3v) is 5.35. The lowest BCUT2D eigenvalue weighted by Gasteiger charge is -2.17. The number of amides is 2. The highest BCUT2D eigenvalue weighted by atomic mass is 32.1. The largest absolute Gasteiger partial charge is 0.454 e. The van der Waals surface area contributed by atoms with Crippen LogP contribution in [-0.2, 0) is 11.3 Å². The van der Waals surface area contributed by atoms with Gasteiger partial charge in [0, 0.05) is 20.0 Å². The number of benzene rings is 1. The third kappa shape index (κ3) is 3.83. The number of carbonyl (C=O) groups excluding carboxylic acids is 2. The van der Waals surface area contributed by atoms with Gasteiger partial charge < -0.3 is 19.7 Å². The van der Waals surface area contributed by atoms with Crippen LogP contribution < -0.4 is 19.7 Å². The first-order valence-corrected chi connectivity index (χ1v) is 9.36. The van der Waals surface area contributed by atoms with Crippen molar-refractivity contribution in [3.05, 3.63) is 40.3 Å². The smallest absolute Gasteiger partial charge is 0.261 e. The normalized spacial score (nSPS) is 12.1. The van der Waals surface area contributed by atoms with E-state index in [1.807, 2.05) is 38.1 Å². The molecule has 0 fully saturated rings. The molecule has 0 unspecified atom stereocenters. The van der Waals surface area contributed by atoms with E-state index in [2.05, 4.69) is 5.32 Å². The predicted molar refractivity (Wildman–Crippen MR) is 101 cm³/mol. The molecule has 26 heavy (non-hydrogen) atoms. The zero-order valence-corrected chi connectivity index (χ0v) is 15.9. The predicted octanol–water partition coefficient (Wildman–Crippen LogP) is 3.48. The Labute approximate surface area is 156 Å². The molecule has 0 atom stereocenters. The number of thiophene rings is 1. The second-order valence-corrected chi connectivity index (χ2v) is 7.17.